The Hall–Kier alpha value is -0.860. The van der Waals surface area contributed by atoms with Crippen molar-refractivity contribution in [3.8, 4) is 0 Å². The summed E-state index contributed by atoms with van der Waals surface area (Å²) in [5, 5.41) is -0.378. The van der Waals surface area contributed by atoms with Crippen molar-refractivity contribution in [3.05, 3.63) is 23.5 Å². The van der Waals surface area contributed by atoms with E-state index in [1.165, 1.54) is 17.0 Å². The number of hydrogen-bond acceptors (Lipinski definition) is 3. The molecule has 0 aliphatic heterocycles. The van der Waals surface area contributed by atoms with E-state index >= 15 is 0 Å². The molecule has 0 bridgehead atoms. The van der Waals surface area contributed by atoms with E-state index in [0.29, 0.717) is 0 Å². The highest BCUT2D eigenvalue weighted by atomic mass is 35.5. The maximum Gasteiger partial charge on any atom is 0.402 e. The fraction of sp³-hybridized carbons (Fsp3) is 0.286. The molecule has 90 valence electrons. The van der Waals surface area contributed by atoms with E-state index in [-0.39, 0.29) is 5.15 Å². The number of aromatic nitrogens is 1. The molecule has 0 radical (unpaired) electrons. The standard InChI is InChI=1S/C7H6ClF3N2O2S/c8-6-5(2-1-3-12-6)16(14,15)13-4-7(9,10)11/h1-3,13H,4H2. The monoisotopic (exact) mass is 274 g/mol. The molecular formula is C7H6ClF3N2O2S. The highest BCUT2D eigenvalue weighted by molar-refractivity contribution is 7.89. The van der Waals surface area contributed by atoms with Crippen LogP contribution in [0, 0.1) is 0 Å². The Morgan fingerprint density at radius 1 is 1.44 bits per heavy atom. The number of sulfonamides is 1. The quantitative estimate of drug-likeness (QED) is 0.851. The molecule has 1 N–H and O–H groups in total. The van der Waals surface area contributed by atoms with Crippen molar-refractivity contribution in [1.82, 2.24) is 9.71 Å². The smallest absolute Gasteiger partial charge is 0.243 e. The Kier molecular flexibility index (Phi) is 3.76. The average molecular weight is 275 g/mol. The molecule has 1 aromatic rings. The third-order valence-corrected chi connectivity index (χ3v) is 3.32. The van der Waals surface area contributed by atoms with Crippen LogP contribution in [0.4, 0.5) is 13.2 Å². The molecule has 0 fully saturated rings. The fourth-order valence-corrected chi connectivity index (χ4v) is 2.29. The first kappa shape index (κ1) is 13.2. The van der Waals surface area contributed by atoms with Crippen LogP contribution in [0.25, 0.3) is 0 Å². The van der Waals surface area contributed by atoms with Gasteiger partial charge in [-0.1, -0.05) is 11.6 Å². The zero-order valence-corrected chi connectivity index (χ0v) is 9.20. The SMILES string of the molecule is O=S(=O)(NCC(F)(F)F)c1cccnc1Cl. The Morgan fingerprint density at radius 3 is 2.56 bits per heavy atom. The third-order valence-electron chi connectivity index (χ3n) is 1.48. The van der Waals surface area contributed by atoms with Crippen molar-refractivity contribution in [2.45, 2.75) is 11.1 Å². The minimum atomic E-state index is -4.62. The minimum absolute atomic E-state index is 0.378. The summed E-state index contributed by atoms with van der Waals surface area (Å²) in [4.78, 5) is 2.97. The summed E-state index contributed by atoms with van der Waals surface area (Å²) in [6.07, 6.45) is -3.40. The van der Waals surface area contributed by atoms with Crippen molar-refractivity contribution in [2.75, 3.05) is 6.54 Å². The van der Waals surface area contributed by atoms with Crippen LogP contribution < -0.4 is 4.72 Å². The summed E-state index contributed by atoms with van der Waals surface area (Å²) in [7, 11) is -4.29. The zero-order chi connectivity index (χ0) is 12.4. The number of hydrogen-bond donors (Lipinski definition) is 1. The Labute approximate surface area is 94.5 Å². The Bertz CT molecular complexity index is 475. The lowest BCUT2D eigenvalue weighted by molar-refractivity contribution is -0.121. The maximum atomic E-state index is 11.8. The largest absolute Gasteiger partial charge is 0.402 e. The number of alkyl halides is 3. The molecule has 0 atom stereocenters. The molecule has 1 rings (SSSR count). The van der Waals surface area contributed by atoms with E-state index in [9.17, 15) is 21.6 Å². The molecule has 1 aromatic heterocycles. The molecule has 0 unspecified atom stereocenters. The fourth-order valence-electron chi connectivity index (χ4n) is 0.826. The lowest BCUT2D eigenvalue weighted by atomic mass is 10.5. The van der Waals surface area contributed by atoms with Gasteiger partial charge in [-0.2, -0.15) is 13.2 Å². The Morgan fingerprint density at radius 2 is 2.06 bits per heavy atom. The van der Waals surface area contributed by atoms with E-state index in [1.807, 2.05) is 0 Å². The van der Waals surface area contributed by atoms with Crippen LogP contribution in [0.2, 0.25) is 5.15 Å². The summed E-state index contributed by atoms with van der Waals surface area (Å²) < 4.78 is 59.6. The molecule has 9 heteroatoms. The molecule has 0 amide bonds. The maximum absolute atomic E-state index is 11.8. The normalized spacial score (nSPS) is 12.8. The average Bonchev–Trinajstić information content (AvgIpc) is 2.14. The van der Waals surface area contributed by atoms with Gasteiger partial charge in [0.2, 0.25) is 10.0 Å². The highest BCUT2D eigenvalue weighted by Crippen LogP contribution is 2.19. The van der Waals surface area contributed by atoms with Gasteiger partial charge >= 0.3 is 6.18 Å². The molecule has 0 aliphatic carbocycles. The number of rotatable bonds is 3. The molecular weight excluding hydrogens is 269 g/mol. The summed E-state index contributed by atoms with van der Waals surface area (Å²) in [6.45, 7) is -1.65. The second-order valence-corrected chi connectivity index (χ2v) is 4.83. The van der Waals surface area contributed by atoms with Crippen LogP contribution >= 0.6 is 11.6 Å². The topological polar surface area (TPSA) is 59.1 Å². The number of pyridine rings is 1. The summed E-state index contributed by atoms with van der Waals surface area (Å²) in [5.41, 5.74) is 0. The van der Waals surface area contributed by atoms with Gasteiger partial charge in [-0.25, -0.2) is 18.1 Å². The van der Waals surface area contributed by atoms with Crippen molar-refractivity contribution >= 4 is 21.6 Å². The first-order chi connectivity index (χ1) is 7.22. The predicted octanol–water partition coefficient (Wildman–Crippen LogP) is 1.58. The predicted molar refractivity (Wildman–Crippen MR) is 50.5 cm³/mol. The van der Waals surface area contributed by atoms with Crippen LogP contribution in [-0.2, 0) is 10.0 Å². The van der Waals surface area contributed by atoms with Crippen molar-refractivity contribution in [3.63, 3.8) is 0 Å². The van der Waals surface area contributed by atoms with E-state index in [4.69, 9.17) is 11.6 Å². The van der Waals surface area contributed by atoms with Crippen LogP contribution in [0.1, 0.15) is 0 Å². The van der Waals surface area contributed by atoms with Gasteiger partial charge in [0.15, 0.2) is 0 Å². The van der Waals surface area contributed by atoms with Crippen LogP contribution in [0.5, 0.6) is 0 Å². The van der Waals surface area contributed by atoms with Gasteiger partial charge in [-0.15, -0.1) is 0 Å². The van der Waals surface area contributed by atoms with E-state index in [2.05, 4.69) is 4.98 Å². The first-order valence-corrected chi connectivity index (χ1v) is 5.75. The molecule has 0 saturated heterocycles. The minimum Gasteiger partial charge on any atom is -0.243 e. The highest BCUT2D eigenvalue weighted by Gasteiger charge is 2.30. The van der Waals surface area contributed by atoms with Gasteiger partial charge in [-0.3, -0.25) is 0 Å². The lowest BCUT2D eigenvalue weighted by Gasteiger charge is -2.09. The second kappa shape index (κ2) is 4.56. The van der Waals surface area contributed by atoms with Gasteiger partial charge in [0.05, 0.1) is 0 Å². The summed E-state index contributed by atoms with van der Waals surface area (Å²) >= 11 is 5.45. The number of halogens is 4. The van der Waals surface area contributed by atoms with E-state index < -0.39 is 27.6 Å². The van der Waals surface area contributed by atoms with Gasteiger partial charge < -0.3 is 0 Å². The summed E-state index contributed by atoms with van der Waals surface area (Å²) in [5.74, 6) is 0. The molecule has 0 aromatic carbocycles. The zero-order valence-electron chi connectivity index (χ0n) is 7.62. The van der Waals surface area contributed by atoms with Crippen LogP contribution in [-0.4, -0.2) is 26.1 Å². The molecule has 16 heavy (non-hydrogen) atoms. The van der Waals surface area contributed by atoms with Crippen molar-refractivity contribution in [1.29, 1.82) is 0 Å². The van der Waals surface area contributed by atoms with Crippen LogP contribution in [0.3, 0.4) is 0 Å². The van der Waals surface area contributed by atoms with Crippen LogP contribution in [0.15, 0.2) is 23.2 Å². The molecule has 4 nitrogen and oxygen atoms in total. The molecule has 1 heterocycles. The van der Waals surface area contributed by atoms with Crippen molar-refractivity contribution < 1.29 is 21.6 Å². The van der Waals surface area contributed by atoms with Gasteiger partial charge in [-0.05, 0) is 12.1 Å². The Balaban J connectivity index is 2.92. The first-order valence-electron chi connectivity index (χ1n) is 3.89. The summed E-state index contributed by atoms with van der Waals surface area (Å²) in [6, 6.07) is 2.32. The van der Waals surface area contributed by atoms with Crippen molar-refractivity contribution in [2.24, 2.45) is 0 Å². The number of nitrogens with one attached hydrogen (secondary N) is 1. The molecule has 0 spiro atoms. The van der Waals surface area contributed by atoms with Gasteiger partial charge in [0.1, 0.15) is 16.6 Å². The second-order valence-electron chi connectivity index (χ2n) is 2.73. The molecule has 0 saturated carbocycles. The third kappa shape index (κ3) is 3.62. The van der Waals surface area contributed by atoms with E-state index in [0.717, 1.165) is 6.07 Å². The van der Waals surface area contributed by atoms with Gasteiger partial charge in [0.25, 0.3) is 0 Å². The van der Waals surface area contributed by atoms with E-state index in [1.54, 1.807) is 0 Å². The lowest BCUT2D eigenvalue weighted by Crippen LogP contribution is -2.33. The molecule has 0 aliphatic rings. The number of nitrogens with zero attached hydrogens (tertiary/aromatic N) is 1. The van der Waals surface area contributed by atoms with Gasteiger partial charge in [0, 0.05) is 6.20 Å².